The van der Waals surface area contributed by atoms with E-state index in [4.69, 9.17) is 4.74 Å². The topological polar surface area (TPSA) is 35.5 Å². The second-order valence-corrected chi connectivity index (χ2v) is 1.99. The molecule has 0 N–H and O–H groups in total. The van der Waals surface area contributed by atoms with Gasteiger partial charge in [-0.25, -0.2) is 4.79 Å². The van der Waals surface area contributed by atoms with Crippen LogP contribution in [0, 0.1) is 0 Å². The molecule has 0 radical (unpaired) electrons. The van der Waals surface area contributed by atoms with E-state index in [0.717, 1.165) is 0 Å². The molecule has 3 heteroatoms. The second-order valence-electron chi connectivity index (χ2n) is 1.99. The van der Waals surface area contributed by atoms with Crippen LogP contribution >= 0.6 is 0 Å². The van der Waals surface area contributed by atoms with Crippen molar-refractivity contribution in [3.63, 3.8) is 0 Å². The zero-order valence-electron chi connectivity index (χ0n) is 7.50. The highest BCUT2D eigenvalue weighted by Crippen LogP contribution is 1.97. The highest BCUT2D eigenvalue weighted by molar-refractivity contribution is 5.70. The average Bonchev–Trinajstić information content (AvgIpc) is 2.07. The molecule has 0 amide bonds. The minimum Gasteiger partial charge on any atom is -0.482 e. The van der Waals surface area contributed by atoms with Crippen LogP contribution in [0.4, 0.5) is 0 Å². The maximum atomic E-state index is 10.8. The summed E-state index contributed by atoms with van der Waals surface area (Å²) in [4.78, 5) is 10.8. The van der Waals surface area contributed by atoms with E-state index in [0.29, 0.717) is 12.4 Å². The van der Waals surface area contributed by atoms with E-state index >= 15 is 0 Å². The number of carbonyl (C=O) groups is 1. The van der Waals surface area contributed by atoms with Crippen LogP contribution in [-0.2, 0) is 14.3 Å². The first-order chi connectivity index (χ1) is 5.74. The van der Waals surface area contributed by atoms with Crippen molar-refractivity contribution in [3.8, 4) is 0 Å². The number of allylic oxidation sites excluding steroid dienone is 2. The molecule has 0 saturated carbocycles. The maximum absolute atomic E-state index is 10.8. The molecule has 0 atom stereocenters. The van der Waals surface area contributed by atoms with Gasteiger partial charge in [-0.2, -0.15) is 0 Å². The van der Waals surface area contributed by atoms with Crippen LogP contribution < -0.4 is 0 Å². The maximum Gasteiger partial charge on any atom is 0.344 e. The lowest BCUT2D eigenvalue weighted by molar-refractivity contribution is -0.146. The molecule has 0 aliphatic rings. The molecule has 3 nitrogen and oxygen atoms in total. The number of hydrogen-bond acceptors (Lipinski definition) is 3. The molecular weight excluding hydrogens is 156 g/mol. The monoisotopic (exact) mass is 170 g/mol. The SMILES string of the molecule is C=CC(=CC)OCC(=O)OCC. The van der Waals surface area contributed by atoms with E-state index in [2.05, 4.69) is 11.3 Å². The molecule has 0 bridgehead atoms. The minimum atomic E-state index is -0.362. The van der Waals surface area contributed by atoms with Gasteiger partial charge in [-0.3, -0.25) is 0 Å². The molecule has 12 heavy (non-hydrogen) atoms. The third kappa shape index (κ3) is 4.55. The summed E-state index contributed by atoms with van der Waals surface area (Å²) in [5.41, 5.74) is 0. The average molecular weight is 170 g/mol. The van der Waals surface area contributed by atoms with Crippen molar-refractivity contribution >= 4 is 5.97 Å². The van der Waals surface area contributed by atoms with Crippen LogP contribution in [0.1, 0.15) is 13.8 Å². The smallest absolute Gasteiger partial charge is 0.344 e. The van der Waals surface area contributed by atoms with Crippen LogP contribution in [0.25, 0.3) is 0 Å². The zero-order valence-corrected chi connectivity index (χ0v) is 7.50. The minimum absolute atomic E-state index is 0.0560. The molecule has 0 rings (SSSR count). The van der Waals surface area contributed by atoms with Gasteiger partial charge in [0.15, 0.2) is 6.61 Å². The number of esters is 1. The fraction of sp³-hybridized carbons (Fsp3) is 0.444. The van der Waals surface area contributed by atoms with E-state index in [1.807, 2.05) is 6.92 Å². The highest BCUT2D eigenvalue weighted by atomic mass is 16.6. The number of ether oxygens (including phenoxy) is 2. The normalized spacial score (nSPS) is 10.7. The Morgan fingerprint density at radius 2 is 2.17 bits per heavy atom. The summed E-state index contributed by atoms with van der Waals surface area (Å²) in [5.74, 6) is 0.224. The summed E-state index contributed by atoms with van der Waals surface area (Å²) >= 11 is 0. The fourth-order valence-electron chi connectivity index (χ4n) is 0.605. The summed E-state index contributed by atoms with van der Waals surface area (Å²) in [6.45, 7) is 7.39. The molecule has 0 aliphatic heterocycles. The predicted octanol–water partition coefficient (Wildman–Crippen LogP) is 1.66. The summed E-state index contributed by atoms with van der Waals surface area (Å²) < 4.78 is 9.68. The molecule has 0 aromatic heterocycles. The van der Waals surface area contributed by atoms with Crippen molar-refractivity contribution in [1.82, 2.24) is 0 Å². The van der Waals surface area contributed by atoms with Gasteiger partial charge in [-0.05, 0) is 26.0 Å². The van der Waals surface area contributed by atoms with Gasteiger partial charge in [0.05, 0.1) is 6.61 Å². The van der Waals surface area contributed by atoms with Crippen LogP contribution in [0.3, 0.4) is 0 Å². The second kappa shape index (κ2) is 6.46. The van der Waals surface area contributed by atoms with E-state index in [1.165, 1.54) is 0 Å². The third-order valence-corrected chi connectivity index (χ3v) is 1.15. The van der Waals surface area contributed by atoms with Gasteiger partial charge in [0, 0.05) is 0 Å². The molecule has 0 aliphatic carbocycles. The first kappa shape index (κ1) is 10.8. The van der Waals surface area contributed by atoms with Crippen molar-refractivity contribution < 1.29 is 14.3 Å². The van der Waals surface area contributed by atoms with Gasteiger partial charge in [0.25, 0.3) is 0 Å². The molecule has 0 aromatic rings. The van der Waals surface area contributed by atoms with E-state index in [1.54, 1.807) is 19.1 Å². The van der Waals surface area contributed by atoms with Gasteiger partial charge in [-0.1, -0.05) is 6.58 Å². The highest BCUT2D eigenvalue weighted by Gasteiger charge is 2.01. The predicted molar refractivity (Wildman–Crippen MR) is 46.5 cm³/mol. The van der Waals surface area contributed by atoms with Crippen molar-refractivity contribution in [2.75, 3.05) is 13.2 Å². The number of carbonyl (C=O) groups excluding carboxylic acids is 1. The Hall–Kier alpha value is -1.25. The van der Waals surface area contributed by atoms with Gasteiger partial charge in [-0.15, -0.1) is 0 Å². The van der Waals surface area contributed by atoms with Gasteiger partial charge >= 0.3 is 5.97 Å². The summed E-state index contributed by atoms with van der Waals surface area (Å²) in [6, 6.07) is 0. The van der Waals surface area contributed by atoms with Crippen molar-refractivity contribution in [2.24, 2.45) is 0 Å². The third-order valence-electron chi connectivity index (χ3n) is 1.15. The Balaban J connectivity index is 3.67. The summed E-state index contributed by atoms with van der Waals surface area (Å²) in [7, 11) is 0. The van der Waals surface area contributed by atoms with Gasteiger partial charge < -0.3 is 9.47 Å². The van der Waals surface area contributed by atoms with Crippen LogP contribution in [0.15, 0.2) is 24.5 Å². The van der Waals surface area contributed by atoms with E-state index in [9.17, 15) is 4.79 Å². The Morgan fingerprint density at radius 1 is 1.50 bits per heavy atom. The molecule has 0 unspecified atom stereocenters. The summed E-state index contributed by atoms with van der Waals surface area (Å²) in [6.07, 6.45) is 3.27. The quantitative estimate of drug-likeness (QED) is 0.357. The molecule has 0 aromatic carbocycles. The van der Waals surface area contributed by atoms with Crippen LogP contribution in [0.2, 0.25) is 0 Å². The molecule has 0 spiro atoms. The lowest BCUT2D eigenvalue weighted by Crippen LogP contribution is -2.11. The van der Waals surface area contributed by atoms with Crippen LogP contribution in [0.5, 0.6) is 0 Å². The van der Waals surface area contributed by atoms with Crippen molar-refractivity contribution in [1.29, 1.82) is 0 Å². The Morgan fingerprint density at radius 3 is 2.58 bits per heavy atom. The molecular formula is C9H14O3. The van der Waals surface area contributed by atoms with Gasteiger partial charge in [0.2, 0.25) is 0 Å². The van der Waals surface area contributed by atoms with E-state index < -0.39 is 0 Å². The van der Waals surface area contributed by atoms with E-state index in [-0.39, 0.29) is 12.6 Å². The molecule has 0 heterocycles. The number of hydrogen-bond donors (Lipinski definition) is 0. The lowest BCUT2D eigenvalue weighted by atomic mass is 10.4. The standard InChI is InChI=1S/C9H14O3/c1-4-8(5-2)12-7-9(10)11-6-3/h4-5H,1,6-7H2,2-3H3. The molecule has 0 fully saturated rings. The largest absolute Gasteiger partial charge is 0.482 e. The van der Waals surface area contributed by atoms with Crippen LogP contribution in [-0.4, -0.2) is 19.2 Å². The fourth-order valence-corrected chi connectivity index (χ4v) is 0.605. The number of rotatable bonds is 5. The molecule has 68 valence electrons. The zero-order chi connectivity index (χ0) is 9.40. The van der Waals surface area contributed by atoms with Crippen molar-refractivity contribution in [3.05, 3.63) is 24.5 Å². The Bertz CT molecular complexity index is 182. The Labute approximate surface area is 72.7 Å². The lowest BCUT2D eigenvalue weighted by Gasteiger charge is -2.04. The van der Waals surface area contributed by atoms with Gasteiger partial charge in [0.1, 0.15) is 5.76 Å². The Kier molecular flexibility index (Phi) is 5.79. The summed E-state index contributed by atoms with van der Waals surface area (Å²) in [5, 5.41) is 0. The molecule has 0 saturated heterocycles. The first-order valence-electron chi connectivity index (χ1n) is 3.81. The van der Waals surface area contributed by atoms with Crippen molar-refractivity contribution in [2.45, 2.75) is 13.8 Å². The first-order valence-corrected chi connectivity index (χ1v) is 3.81.